The number of carbonyl (C=O) groups is 1. The van der Waals surface area contributed by atoms with Crippen LogP contribution < -0.4 is 4.90 Å². The van der Waals surface area contributed by atoms with E-state index >= 15 is 0 Å². The van der Waals surface area contributed by atoms with Crippen molar-refractivity contribution in [2.75, 3.05) is 18.0 Å². The number of aliphatic hydroxyl groups is 1. The van der Waals surface area contributed by atoms with Gasteiger partial charge in [0.25, 0.3) is 0 Å². The lowest BCUT2D eigenvalue weighted by atomic mass is 10.1. The maximum atomic E-state index is 10.9. The lowest BCUT2D eigenvalue weighted by molar-refractivity contribution is 0.0695. The first-order valence-electron chi connectivity index (χ1n) is 4.44. The van der Waals surface area contributed by atoms with E-state index in [1.807, 2.05) is 4.90 Å². The highest BCUT2D eigenvalue weighted by atomic mass is 16.4. The highest BCUT2D eigenvalue weighted by molar-refractivity contribution is 5.94. The fraction of sp³-hybridized carbons (Fsp3) is 0.300. The first kappa shape index (κ1) is 9.02. The molecule has 4 heteroatoms. The molecule has 1 fully saturated rings. The minimum Gasteiger partial charge on any atom is -0.478 e. The van der Waals surface area contributed by atoms with Crippen LogP contribution in [-0.4, -0.2) is 35.4 Å². The van der Waals surface area contributed by atoms with Gasteiger partial charge in [-0.3, -0.25) is 0 Å². The minimum atomic E-state index is -0.929. The molecule has 0 aromatic heterocycles. The molecule has 1 aromatic rings. The molecule has 0 spiro atoms. The van der Waals surface area contributed by atoms with Crippen molar-refractivity contribution in [3.63, 3.8) is 0 Å². The Morgan fingerprint density at radius 1 is 1.36 bits per heavy atom. The van der Waals surface area contributed by atoms with Crippen molar-refractivity contribution >= 4 is 11.7 Å². The number of para-hydroxylation sites is 1. The molecule has 0 radical (unpaired) electrons. The SMILES string of the molecule is O=C(O)c1ccccc1N1CC(O)C1. The highest BCUT2D eigenvalue weighted by Crippen LogP contribution is 2.24. The number of hydrogen-bond donors (Lipinski definition) is 2. The second-order valence-corrected chi connectivity index (χ2v) is 3.38. The standard InChI is InChI=1S/C10H11NO3/c12-7-5-11(6-7)9-4-2-1-3-8(9)10(13)14/h1-4,7,12H,5-6H2,(H,13,14). The van der Waals surface area contributed by atoms with Crippen molar-refractivity contribution < 1.29 is 15.0 Å². The van der Waals surface area contributed by atoms with E-state index in [1.54, 1.807) is 24.3 Å². The Labute approximate surface area is 81.4 Å². The average Bonchev–Trinajstić information content (AvgIpc) is 2.13. The molecule has 0 bridgehead atoms. The zero-order valence-corrected chi connectivity index (χ0v) is 7.55. The van der Waals surface area contributed by atoms with E-state index in [2.05, 4.69) is 0 Å². The maximum Gasteiger partial charge on any atom is 0.337 e. The summed E-state index contributed by atoms with van der Waals surface area (Å²) in [7, 11) is 0. The predicted molar refractivity (Wildman–Crippen MR) is 51.6 cm³/mol. The monoisotopic (exact) mass is 193 g/mol. The number of β-amino-alcohol motifs (C(OH)–C–C–N with tert-alkyl or cyclic N) is 1. The topological polar surface area (TPSA) is 60.8 Å². The third-order valence-corrected chi connectivity index (χ3v) is 2.34. The predicted octanol–water partition coefficient (Wildman–Crippen LogP) is 0.566. The summed E-state index contributed by atoms with van der Waals surface area (Å²) in [6, 6.07) is 6.83. The van der Waals surface area contributed by atoms with E-state index in [1.165, 1.54) is 0 Å². The molecule has 1 saturated heterocycles. The minimum absolute atomic E-state index is 0.291. The van der Waals surface area contributed by atoms with Crippen LogP contribution in [0.1, 0.15) is 10.4 Å². The van der Waals surface area contributed by atoms with Crippen LogP contribution in [0, 0.1) is 0 Å². The Morgan fingerprint density at radius 3 is 2.57 bits per heavy atom. The van der Waals surface area contributed by atoms with Gasteiger partial charge in [0, 0.05) is 13.1 Å². The summed E-state index contributed by atoms with van der Waals surface area (Å²) in [6.45, 7) is 1.04. The molecule has 1 heterocycles. The van der Waals surface area contributed by atoms with Gasteiger partial charge in [-0.25, -0.2) is 4.79 Å². The van der Waals surface area contributed by atoms with Crippen molar-refractivity contribution in [3.05, 3.63) is 29.8 Å². The summed E-state index contributed by atoms with van der Waals surface area (Å²) < 4.78 is 0. The fourth-order valence-corrected chi connectivity index (χ4v) is 1.58. The Hall–Kier alpha value is -1.55. The van der Waals surface area contributed by atoms with Crippen molar-refractivity contribution in [3.8, 4) is 0 Å². The Kier molecular flexibility index (Phi) is 2.13. The van der Waals surface area contributed by atoms with Crippen molar-refractivity contribution in [2.45, 2.75) is 6.10 Å². The van der Waals surface area contributed by atoms with Gasteiger partial charge in [-0.2, -0.15) is 0 Å². The van der Waals surface area contributed by atoms with Gasteiger partial charge in [0.05, 0.1) is 17.4 Å². The quantitative estimate of drug-likeness (QED) is 0.720. The molecule has 4 nitrogen and oxygen atoms in total. The van der Waals surface area contributed by atoms with Gasteiger partial charge in [0.1, 0.15) is 0 Å². The van der Waals surface area contributed by atoms with Gasteiger partial charge in [0.15, 0.2) is 0 Å². The van der Waals surface area contributed by atoms with Crippen molar-refractivity contribution in [1.82, 2.24) is 0 Å². The second kappa shape index (κ2) is 3.31. The number of carboxylic acids is 1. The Bertz CT molecular complexity index is 358. The van der Waals surface area contributed by atoms with E-state index in [4.69, 9.17) is 10.2 Å². The highest BCUT2D eigenvalue weighted by Gasteiger charge is 2.27. The first-order chi connectivity index (χ1) is 6.68. The van der Waals surface area contributed by atoms with Gasteiger partial charge >= 0.3 is 5.97 Å². The van der Waals surface area contributed by atoms with E-state index in [9.17, 15) is 4.79 Å². The second-order valence-electron chi connectivity index (χ2n) is 3.38. The Morgan fingerprint density at radius 2 is 2.00 bits per heavy atom. The number of nitrogens with zero attached hydrogens (tertiary/aromatic N) is 1. The number of aromatic carboxylic acids is 1. The molecule has 1 aliphatic rings. The summed E-state index contributed by atoms with van der Waals surface area (Å²) >= 11 is 0. The molecule has 0 atom stereocenters. The molecular weight excluding hydrogens is 182 g/mol. The Balaban J connectivity index is 2.28. The van der Waals surface area contributed by atoms with Crippen LogP contribution in [0.15, 0.2) is 24.3 Å². The number of rotatable bonds is 2. The summed E-state index contributed by atoms with van der Waals surface area (Å²) in [5, 5.41) is 18.0. The van der Waals surface area contributed by atoms with Crippen molar-refractivity contribution in [1.29, 1.82) is 0 Å². The molecule has 1 aliphatic heterocycles. The number of aliphatic hydroxyl groups excluding tert-OH is 1. The van der Waals surface area contributed by atoms with Gasteiger partial charge in [-0.05, 0) is 12.1 Å². The van der Waals surface area contributed by atoms with Crippen LogP contribution in [0.25, 0.3) is 0 Å². The molecular formula is C10H11NO3. The van der Waals surface area contributed by atoms with E-state index in [-0.39, 0.29) is 6.10 Å². The number of benzene rings is 1. The molecule has 0 unspecified atom stereocenters. The molecule has 0 aliphatic carbocycles. The molecule has 1 aromatic carbocycles. The van der Waals surface area contributed by atoms with Crippen molar-refractivity contribution in [2.24, 2.45) is 0 Å². The van der Waals surface area contributed by atoms with Gasteiger partial charge < -0.3 is 15.1 Å². The largest absolute Gasteiger partial charge is 0.478 e. The zero-order chi connectivity index (χ0) is 10.1. The van der Waals surface area contributed by atoms with E-state index in [0.717, 1.165) is 0 Å². The summed E-state index contributed by atoms with van der Waals surface area (Å²) in [4.78, 5) is 12.7. The van der Waals surface area contributed by atoms with Crippen LogP contribution in [0.2, 0.25) is 0 Å². The van der Waals surface area contributed by atoms with Gasteiger partial charge in [-0.15, -0.1) is 0 Å². The number of hydrogen-bond acceptors (Lipinski definition) is 3. The third kappa shape index (κ3) is 1.44. The average molecular weight is 193 g/mol. The summed E-state index contributed by atoms with van der Waals surface area (Å²) in [5.74, 6) is -0.929. The van der Waals surface area contributed by atoms with E-state index in [0.29, 0.717) is 24.3 Å². The normalized spacial score (nSPS) is 16.5. The smallest absolute Gasteiger partial charge is 0.337 e. The first-order valence-corrected chi connectivity index (χ1v) is 4.44. The molecule has 74 valence electrons. The molecule has 14 heavy (non-hydrogen) atoms. The van der Waals surface area contributed by atoms with Crippen LogP contribution >= 0.6 is 0 Å². The van der Waals surface area contributed by atoms with Crippen LogP contribution in [0.3, 0.4) is 0 Å². The molecule has 0 amide bonds. The summed E-state index contributed by atoms with van der Waals surface area (Å²) in [6.07, 6.45) is -0.322. The zero-order valence-electron chi connectivity index (χ0n) is 7.55. The van der Waals surface area contributed by atoms with Crippen LogP contribution in [-0.2, 0) is 0 Å². The van der Waals surface area contributed by atoms with E-state index < -0.39 is 5.97 Å². The van der Waals surface area contributed by atoms with Gasteiger partial charge in [-0.1, -0.05) is 12.1 Å². The van der Waals surface area contributed by atoms with Crippen LogP contribution in [0.4, 0.5) is 5.69 Å². The third-order valence-electron chi connectivity index (χ3n) is 2.34. The number of carboxylic acid groups (broad SMARTS) is 1. The summed E-state index contributed by atoms with van der Waals surface area (Å²) in [5.41, 5.74) is 0.977. The number of anilines is 1. The lowest BCUT2D eigenvalue weighted by Gasteiger charge is -2.38. The van der Waals surface area contributed by atoms with Gasteiger partial charge in [0.2, 0.25) is 0 Å². The molecule has 0 saturated carbocycles. The molecule has 2 N–H and O–H groups in total. The molecule has 2 rings (SSSR count). The van der Waals surface area contributed by atoms with Crippen LogP contribution in [0.5, 0.6) is 0 Å². The fourth-order valence-electron chi connectivity index (χ4n) is 1.58. The lowest BCUT2D eigenvalue weighted by Crippen LogP contribution is -2.51. The maximum absolute atomic E-state index is 10.9.